The van der Waals surface area contributed by atoms with E-state index < -0.39 is 5.82 Å². The van der Waals surface area contributed by atoms with Crippen molar-refractivity contribution in [3.63, 3.8) is 0 Å². The number of nitrogens with zero attached hydrogens (tertiary/aromatic N) is 2. The highest BCUT2D eigenvalue weighted by atomic mass is 19.1. The van der Waals surface area contributed by atoms with E-state index >= 15 is 0 Å². The average molecular weight is 368 g/mol. The van der Waals surface area contributed by atoms with Crippen molar-refractivity contribution in [2.45, 2.75) is 20.0 Å². The summed E-state index contributed by atoms with van der Waals surface area (Å²) in [6, 6.07) is 12.2. The Kier molecular flexibility index (Phi) is 5.71. The van der Waals surface area contributed by atoms with Crippen LogP contribution in [-0.4, -0.2) is 23.1 Å². The highest BCUT2D eigenvalue weighted by Crippen LogP contribution is 2.19. The normalized spacial score (nSPS) is 11.4. The number of aromatic nitrogens is 1. The molecule has 0 spiro atoms. The van der Waals surface area contributed by atoms with Gasteiger partial charge in [-0.25, -0.2) is 9.37 Å². The van der Waals surface area contributed by atoms with Crippen LogP contribution in [0.1, 0.15) is 16.8 Å². The van der Waals surface area contributed by atoms with Gasteiger partial charge >= 0.3 is 0 Å². The largest absolute Gasteiger partial charge is 0.505 e. The minimum atomic E-state index is -0.650. The van der Waals surface area contributed by atoms with Crippen LogP contribution in [0.4, 0.5) is 4.39 Å². The smallest absolute Gasteiger partial charge is 0.226 e. The van der Waals surface area contributed by atoms with Crippen molar-refractivity contribution in [1.82, 2.24) is 15.6 Å². The Morgan fingerprint density at radius 2 is 1.89 bits per heavy atom. The fourth-order valence-corrected chi connectivity index (χ4v) is 2.46. The van der Waals surface area contributed by atoms with Crippen molar-refractivity contribution in [3.8, 4) is 17.2 Å². The second-order valence-corrected chi connectivity index (χ2v) is 6.08. The fraction of sp³-hybridized carbons (Fsp3) is 0.200. The predicted molar refractivity (Wildman–Crippen MR) is 102 cm³/mol. The van der Waals surface area contributed by atoms with Gasteiger partial charge in [0.05, 0.1) is 12.2 Å². The number of rotatable bonds is 5. The number of guanidine groups is 1. The summed E-state index contributed by atoms with van der Waals surface area (Å²) in [7, 11) is 1.65. The molecule has 0 saturated carbocycles. The van der Waals surface area contributed by atoms with Crippen molar-refractivity contribution in [2.75, 3.05) is 7.05 Å². The van der Waals surface area contributed by atoms with E-state index in [0.29, 0.717) is 30.5 Å². The van der Waals surface area contributed by atoms with E-state index in [1.165, 1.54) is 17.7 Å². The molecule has 0 aliphatic rings. The molecule has 7 heteroatoms. The molecular formula is C20H21FN4O2. The number of aliphatic imine (C=N–C) groups is 1. The summed E-state index contributed by atoms with van der Waals surface area (Å²) < 4.78 is 18.9. The predicted octanol–water partition coefficient (Wildman–Crippen LogP) is 3.36. The molecule has 0 fully saturated rings. The van der Waals surface area contributed by atoms with Crippen molar-refractivity contribution in [2.24, 2.45) is 4.99 Å². The summed E-state index contributed by atoms with van der Waals surface area (Å²) in [5.74, 6) is 0.0952. The number of nitrogens with one attached hydrogen (secondary N) is 2. The molecule has 0 bridgehead atoms. The fourth-order valence-electron chi connectivity index (χ4n) is 2.46. The molecule has 140 valence electrons. The third-order valence-electron chi connectivity index (χ3n) is 3.98. The second kappa shape index (κ2) is 8.35. The van der Waals surface area contributed by atoms with Crippen LogP contribution in [0.2, 0.25) is 0 Å². The van der Waals surface area contributed by atoms with E-state index in [-0.39, 0.29) is 5.75 Å². The van der Waals surface area contributed by atoms with E-state index in [0.717, 1.165) is 11.3 Å². The summed E-state index contributed by atoms with van der Waals surface area (Å²) in [6.45, 7) is 2.82. The summed E-state index contributed by atoms with van der Waals surface area (Å²) in [5, 5.41) is 15.4. The van der Waals surface area contributed by atoms with Crippen molar-refractivity contribution in [3.05, 3.63) is 71.4 Å². The first kappa shape index (κ1) is 18.4. The van der Waals surface area contributed by atoms with Crippen molar-refractivity contribution < 1.29 is 13.9 Å². The van der Waals surface area contributed by atoms with Crippen molar-refractivity contribution in [1.29, 1.82) is 0 Å². The quantitative estimate of drug-likeness (QED) is 0.475. The standard InChI is InChI=1S/C20H21FN4O2/c1-13-3-6-15(7-4-13)19-25-16(12-27-19)11-24-20(22-2)23-10-14-5-8-18(26)17(21)9-14/h3-9,12,26H,10-11H2,1-2H3,(H2,22,23,24). The van der Waals surface area contributed by atoms with Gasteiger partial charge in [0.15, 0.2) is 17.5 Å². The molecule has 1 heterocycles. The zero-order chi connectivity index (χ0) is 19.2. The number of halogens is 1. The van der Waals surface area contributed by atoms with Crippen LogP contribution in [0, 0.1) is 12.7 Å². The van der Waals surface area contributed by atoms with Crippen LogP contribution >= 0.6 is 0 Å². The van der Waals surface area contributed by atoms with E-state index in [1.807, 2.05) is 31.2 Å². The molecule has 3 aromatic rings. The first-order valence-electron chi connectivity index (χ1n) is 8.48. The molecule has 0 aliphatic carbocycles. The Balaban J connectivity index is 1.55. The maximum Gasteiger partial charge on any atom is 0.226 e. The molecule has 0 atom stereocenters. The lowest BCUT2D eigenvalue weighted by molar-refractivity contribution is 0.431. The summed E-state index contributed by atoms with van der Waals surface area (Å²) >= 11 is 0. The highest BCUT2D eigenvalue weighted by molar-refractivity contribution is 5.79. The Morgan fingerprint density at radius 1 is 1.15 bits per heavy atom. The molecule has 3 N–H and O–H groups in total. The Hall–Kier alpha value is -3.35. The Labute approximate surface area is 156 Å². The number of phenolic OH excluding ortho intramolecular Hbond substituents is 1. The number of hydrogen-bond donors (Lipinski definition) is 3. The lowest BCUT2D eigenvalue weighted by Gasteiger charge is -2.11. The molecular weight excluding hydrogens is 347 g/mol. The van der Waals surface area contributed by atoms with Crippen molar-refractivity contribution >= 4 is 5.96 Å². The number of phenols is 1. The third kappa shape index (κ3) is 4.84. The van der Waals surface area contributed by atoms with Crippen LogP contribution in [0.25, 0.3) is 11.5 Å². The topological polar surface area (TPSA) is 82.7 Å². The van der Waals surface area contributed by atoms with Crippen LogP contribution in [0.5, 0.6) is 5.75 Å². The van der Waals surface area contributed by atoms with Gasteiger partial charge in [-0.3, -0.25) is 4.99 Å². The molecule has 6 nitrogen and oxygen atoms in total. The van der Waals surface area contributed by atoms with Crippen LogP contribution in [-0.2, 0) is 13.1 Å². The van der Waals surface area contributed by atoms with Gasteiger partial charge in [0, 0.05) is 19.2 Å². The van der Waals surface area contributed by atoms with Crippen LogP contribution in [0.15, 0.2) is 58.1 Å². The lowest BCUT2D eigenvalue weighted by Crippen LogP contribution is -2.36. The minimum absolute atomic E-state index is 0.364. The van der Waals surface area contributed by atoms with Crippen LogP contribution < -0.4 is 10.6 Å². The van der Waals surface area contributed by atoms with Gasteiger partial charge in [-0.05, 0) is 36.8 Å². The van der Waals surface area contributed by atoms with Crippen LogP contribution in [0.3, 0.4) is 0 Å². The van der Waals surface area contributed by atoms with Gasteiger partial charge in [-0.2, -0.15) is 0 Å². The molecule has 0 aliphatic heterocycles. The van der Waals surface area contributed by atoms with Gasteiger partial charge < -0.3 is 20.2 Å². The molecule has 27 heavy (non-hydrogen) atoms. The number of aromatic hydroxyl groups is 1. The van der Waals surface area contributed by atoms with Gasteiger partial charge in [0.1, 0.15) is 6.26 Å². The number of aryl methyl sites for hydroxylation is 1. The average Bonchev–Trinajstić information content (AvgIpc) is 3.14. The minimum Gasteiger partial charge on any atom is -0.505 e. The summed E-state index contributed by atoms with van der Waals surface area (Å²) in [6.07, 6.45) is 1.60. The molecule has 2 aromatic carbocycles. The molecule has 0 unspecified atom stereocenters. The summed E-state index contributed by atoms with van der Waals surface area (Å²) in [5.41, 5.74) is 3.53. The zero-order valence-electron chi connectivity index (χ0n) is 15.2. The molecule has 3 rings (SSSR count). The Morgan fingerprint density at radius 3 is 2.59 bits per heavy atom. The third-order valence-corrected chi connectivity index (χ3v) is 3.98. The lowest BCUT2D eigenvalue weighted by atomic mass is 10.1. The molecule has 1 aromatic heterocycles. The van der Waals surface area contributed by atoms with E-state index in [2.05, 4.69) is 20.6 Å². The first-order valence-corrected chi connectivity index (χ1v) is 8.48. The SMILES string of the molecule is CN=C(NCc1ccc(O)c(F)c1)NCc1coc(-c2ccc(C)cc2)n1. The second-order valence-electron chi connectivity index (χ2n) is 6.08. The maximum absolute atomic E-state index is 13.4. The molecule has 0 saturated heterocycles. The first-order chi connectivity index (χ1) is 13.0. The maximum atomic E-state index is 13.4. The van der Waals surface area contributed by atoms with Gasteiger partial charge in [0.25, 0.3) is 0 Å². The van der Waals surface area contributed by atoms with E-state index in [9.17, 15) is 9.50 Å². The number of benzene rings is 2. The van der Waals surface area contributed by atoms with Gasteiger partial charge in [-0.1, -0.05) is 23.8 Å². The highest BCUT2D eigenvalue weighted by Gasteiger charge is 2.08. The van der Waals surface area contributed by atoms with Gasteiger partial charge in [0.2, 0.25) is 5.89 Å². The van der Waals surface area contributed by atoms with E-state index in [4.69, 9.17) is 4.42 Å². The molecule has 0 radical (unpaired) electrons. The van der Waals surface area contributed by atoms with Gasteiger partial charge in [-0.15, -0.1) is 0 Å². The Bertz CT molecular complexity index is 935. The summed E-state index contributed by atoms with van der Waals surface area (Å²) in [4.78, 5) is 8.59. The molecule has 0 amide bonds. The monoisotopic (exact) mass is 368 g/mol. The number of hydrogen-bond acceptors (Lipinski definition) is 4. The number of oxazole rings is 1. The zero-order valence-corrected chi connectivity index (χ0v) is 15.2. The van der Waals surface area contributed by atoms with E-state index in [1.54, 1.807) is 19.4 Å².